The molecule has 0 radical (unpaired) electrons. The highest BCUT2D eigenvalue weighted by atomic mass is 16.6. The third-order valence-electron chi connectivity index (χ3n) is 2.94. The van der Waals surface area contributed by atoms with Crippen LogP contribution in [0.4, 0.5) is 4.79 Å². The number of methoxy groups -OCH3 is 1. The van der Waals surface area contributed by atoms with Gasteiger partial charge in [0.2, 0.25) is 0 Å². The van der Waals surface area contributed by atoms with Crippen molar-refractivity contribution in [1.29, 1.82) is 0 Å². The van der Waals surface area contributed by atoms with E-state index in [-0.39, 0.29) is 11.7 Å². The number of amidine groups is 1. The first-order valence-electron chi connectivity index (χ1n) is 6.93. The van der Waals surface area contributed by atoms with Gasteiger partial charge in [-0.2, -0.15) is 0 Å². The Morgan fingerprint density at radius 3 is 2.55 bits per heavy atom. The Morgan fingerprint density at radius 2 is 2.00 bits per heavy atom. The molecule has 0 aliphatic carbocycles. The minimum absolute atomic E-state index is 0.267. The first-order valence-corrected chi connectivity index (χ1v) is 6.93. The summed E-state index contributed by atoms with van der Waals surface area (Å²) >= 11 is 0. The topological polar surface area (TPSA) is 63.2 Å². The number of hydrogen-bond donors (Lipinski definition) is 1. The van der Waals surface area contributed by atoms with E-state index >= 15 is 0 Å². The van der Waals surface area contributed by atoms with Gasteiger partial charge >= 0.3 is 6.09 Å². The normalized spacial score (nSPS) is 16.7. The molecule has 1 N–H and O–H groups in total. The van der Waals surface area contributed by atoms with Gasteiger partial charge in [-0.25, -0.2) is 4.79 Å². The first-order chi connectivity index (χ1) is 9.13. The maximum Gasteiger partial charge on any atom is 0.410 e. The van der Waals surface area contributed by atoms with Crippen LogP contribution in [0.3, 0.4) is 0 Å². The molecule has 0 fully saturated rings. The summed E-state index contributed by atoms with van der Waals surface area (Å²) < 4.78 is 10.7. The molecule has 0 aromatic rings. The van der Waals surface area contributed by atoms with Crippen molar-refractivity contribution in [1.82, 2.24) is 10.2 Å². The van der Waals surface area contributed by atoms with Gasteiger partial charge in [0, 0.05) is 20.2 Å². The fraction of sp³-hybridized carbons (Fsp3) is 0.857. The van der Waals surface area contributed by atoms with Gasteiger partial charge in [0.1, 0.15) is 11.4 Å². The molecule has 1 aliphatic rings. The van der Waals surface area contributed by atoms with Gasteiger partial charge in [-0.3, -0.25) is 9.89 Å². The summed E-state index contributed by atoms with van der Waals surface area (Å²) in [5.74, 6) is 0.798. The molecule has 0 unspecified atom stereocenters. The van der Waals surface area contributed by atoms with Gasteiger partial charge < -0.3 is 14.8 Å². The number of carbonyl (C=O) groups excluding carboxylic acids is 1. The zero-order valence-electron chi connectivity index (χ0n) is 13.4. The molecule has 1 aliphatic heterocycles. The van der Waals surface area contributed by atoms with Crippen LogP contribution in [0.15, 0.2) is 4.99 Å². The van der Waals surface area contributed by atoms with E-state index in [4.69, 9.17) is 9.47 Å². The van der Waals surface area contributed by atoms with Crippen LogP contribution in [0, 0.1) is 0 Å². The minimum Gasteiger partial charge on any atom is -0.444 e. The van der Waals surface area contributed by atoms with Crippen LogP contribution < -0.4 is 5.32 Å². The van der Waals surface area contributed by atoms with Gasteiger partial charge in [0.25, 0.3) is 0 Å². The van der Waals surface area contributed by atoms with Crippen LogP contribution in [0.1, 0.15) is 34.6 Å². The highest BCUT2D eigenvalue weighted by molar-refractivity contribution is 5.87. The van der Waals surface area contributed by atoms with Crippen LogP contribution in [-0.2, 0) is 9.47 Å². The lowest BCUT2D eigenvalue weighted by molar-refractivity contribution is 0.0248. The lowest BCUT2D eigenvalue weighted by Crippen LogP contribution is -2.49. The smallest absolute Gasteiger partial charge is 0.410 e. The van der Waals surface area contributed by atoms with Crippen molar-refractivity contribution >= 4 is 11.9 Å². The average Bonchev–Trinajstić information content (AvgIpc) is 2.35. The van der Waals surface area contributed by atoms with Crippen LogP contribution in [0.25, 0.3) is 0 Å². The fourth-order valence-corrected chi connectivity index (χ4v) is 1.60. The average molecular weight is 285 g/mol. The van der Waals surface area contributed by atoms with E-state index in [0.717, 1.165) is 5.84 Å². The third kappa shape index (κ3) is 5.77. The second kappa shape index (κ2) is 6.43. The Morgan fingerprint density at radius 1 is 1.35 bits per heavy atom. The summed E-state index contributed by atoms with van der Waals surface area (Å²) in [6, 6.07) is 0. The van der Waals surface area contributed by atoms with Crippen LogP contribution in [0.5, 0.6) is 0 Å². The number of aliphatic imine (C=N–C) groups is 1. The van der Waals surface area contributed by atoms with Crippen molar-refractivity contribution < 1.29 is 14.3 Å². The molecule has 116 valence electrons. The van der Waals surface area contributed by atoms with E-state index in [9.17, 15) is 4.79 Å². The fourth-order valence-electron chi connectivity index (χ4n) is 1.60. The van der Waals surface area contributed by atoms with Crippen LogP contribution >= 0.6 is 0 Å². The number of rotatable bonds is 3. The molecule has 0 bridgehead atoms. The molecule has 0 saturated heterocycles. The largest absolute Gasteiger partial charge is 0.444 e. The van der Waals surface area contributed by atoms with E-state index in [2.05, 4.69) is 10.3 Å². The molecule has 1 amide bonds. The second-order valence-electron chi connectivity index (χ2n) is 6.55. The highest BCUT2D eigenvalue weighted by Crippen LogP contribution is 2.11. The molecule has 0 atom stereocenters. The van der Waals surface area contributed by atoms with Gasteiger partial charge in [0.15, 0.2) is 0 Å². The number of hydrogen-bond acceptors (Lipinski definition) is 5. The lowest BCUT2D eigenvalue weighted by Gasteiger charge is -2.31. The van der Waals surface area contributed by atoms with E-state index < -0.39 is 5.60 Å². The maximum atomic E-state index is 12.0. The lowest BCUT2D eigenvalue weighted by atomic mass is 10.1. The Bertz CT molecular complexity index is 372. The van der Waals surface area contributed by atoms with E-state index in [1.807, 2.05) is 34.6 Å². The van der Waals surface area contributed by atoms with Gasteiger partial charge in [-0.15, -0.1) is 0 Å². The van der Waals surface area contributed by atoms with Gasteiger partial charge in [-0.1, -0.05) is 0 Å². The van der Waals surface area contributed by atoms with Crippen molar-refractivity contribution in [2.75, 3.05) is 33.3 Å². The standard InChI is InChI=1S/C14H27N3O3/c1-13(2,3)20-12(18)17-8-7-15-11(9-17)16-10-14(4,5)19-6/h7-10H2,1-6H3,(H,15,16). The van der Waals surface area contributed by atoms with E-state index in [1.165, 1.54) is 0 Å². The zero-order chi connectivity index (χ0) is 15.4. The summed E-state index contributed by atoms with van der Waals surface area (Å²) in [6.07, 6.45) is -0.294. The van der Waals surface area contributed by atoms with Crippen molar-refractivity contribution in [2.24, 2.45) is 4.99 Å². The van der Waals surface area contributed by atoms with Crippen molar-refractivity contribution in [3.05, 3.63) is 0 Å². The third-order valence-corrected chi connectivity index (χ3v) is 2.94. The number of carbonyl (C=O) groups is 1. The molecule has 0 aromatic carbocycles. The Kier molecular flexibility index (Phi) is 5.39. The van der Waals surface area contributed by atoms with Crippen molar-refractivity contribution in [3.8, 4) is 0 Å². The summed E-state index contributed by atoms with van der Waals surface area (Å²) in [6.45, 7) is 11.9. The van der Waals surface area contributed by atoms with Crippen LogP contribution in [-0.4, -0.2) is 61.3 Å². The molecule has 0 saturated carbocycles. The molecule has 1 heterocycles. The summed E-state index contributed by atoms with van der Waals surface area (Å²) in [5, 5.41) is 3.24. The molecular formula is C14H27N3O3. The van der Waals surface area contributed by atoms with Gasteiger partial charge in [0.05, 0.1) is 18.7 Å². The zero-order valence-corrected chi connectivity index (χ0v) is 13.4. The predicted molar refractivity (Wildman–Crippen MR) is 79.2 cm³/mol. The summed E-state index contributed by atoms with van der Waals surface area (Å²) in [7, 11) is 1.68. The number of nitrogens with one attached hydrogen (secondary N) is 1. The molecule has 20 heavy (non-hydrogen) atoms. The molecule has 6 heteroatoms. The van der Waals surface area contributed by atoms with Crippen LogP contribution in [0.2, 0.25) is 0 Å². The Labute approximate surface area is 121 Å². The minimum atomic E-state index is -0.475. The van der Waals surface area contributed by atoms with Gasteiger partial charge in [-0.05, 0) is 34.6 Å². The maximum absolute atomic E-state index is 12.0. The summed E-state index contributed by atoms with van der Waals surface area (Å²) in [4.78, 5) is 18.1. The quantitative estimate of drug-likeness (QED) is 0.856. The Hall–Kier alpha value is -1.30. The van der Waals surface area contributed by atoms with E-state index in [0.29, 0.717) is 26.2 Å². The summed E-state index contributed by atoms with van der Waals surface area (Å²) in [5.41, 5.74) is -0.742. The Balaban J connectivity index is 2.50. The first kappa shape index (κ1) is 16.8. The predicted octanol–water partition coefficient (Wildman–Crippen LogP) is 1.65. The number of ether oxygens (including phenoxy) is 2. The van der Waals surface area contributed by atoms with Crippen molar-refractivity contribution in [3.63, 3.8) is 0 Å². The molecule has 0 aromatic heterocycles. The molecule has 1 rings (SSSR count). The molecular weight excluding hydrogens is 258 g/mol. The highest BCUT2D eigenvalue weighted by Gasteiger charge is 2.25. The monoisotopic (exact) mass is 285 g/mol. The SMILES string of the molecule is COC(C)(C)CNC1=NCCN(C(=O)OC(C)(C)C)C1. The second-order valence-corrected chi connectivity index (χ2v) is 6.55. The molecule has 6 nitrogen and oxygen atoms in total. The number of nitrogens with zero attached hydrogens (tertiary/aromatic N) is 2. The number of amides is 1. The molecule has 0 spiro atoms. The van der Waals surface area contributed by atoms with Crippen molar-refractivity contribution in [2.45, 2.75) is 45.8 Å². The van der Waals surface area contributed by atoms with E-state index in [1.54, 1.807) is 12.0 Å².